The van der Waals surface area contributed by atoms with Crippen LogP contribution in [0.25, 0.3) is 0 Å². The van der Waals surface area contributed by atoms with Crippen LogP contribution in [0.4, 0.5) is 5.82 Å². The predicted octanol–water partition coefficient (Wildman–Crippen LogP) is 3.07. The number of pyridine rings is 1. The molecule has 7 nitrogen and oxygen atoms in total. The number of halogens is 1. The number of benzene rings is 1. The number of nitrogens with one attached hydrogen (secondary N) is 2. The highest BCUT2D eigenvalue weighted by molar-refractivity contribution is 14.0. The smallest absolute Gasteiger partial charge is 0.191 e. The molecule has 8 heteroatoms. The quantitative estimate of drug-likeness (QED) is 0.298. The van der Waals surface area contributed by atoms with Gasteiger partial charge in [0.05, 0.1) is 13.7 Å². The molecule has 0 spiro atoms. The molecule has 0 saturated carbocycles. The van der Waals surface area contributed by atoms with Crippen molar-refractivity contribution in [3.63, 3.8) is 0 Å². The second kappa shape index (κ2) is 13.5. The summed E-state index contributed by atoms with van der Waals surface area (Å²) in [6.45, 7) is 10.5. The summed E-state index contributed by atoms with van der Waals surface area (Å²) in [6, 6.07) is 10.4. The lowest BCUT2D eigenvalue weighted by molar-refractivity contribution is 0.312. The van der Waals surface area contributed by atoms with Crippen molar-refractivity contribution in [2.24, 2.45) is 4.99 Å². The Balaban J connectivity index is 0.00000363. The van der Waals surface area contributed by atoms with Gasteiger partial charge in [0.25, 0.3) is 0 Å². The lowest BCUT2D eigenvalue weighted by atomic mass is 10.1. The van der Waals surface area contributed by atoms with Crippen LogP contribution in [0, 0.1) is 6.92 Å². The number of aryl methyl sites for hydroxylation is 1. The summed E-state index contributed by atoms with van der Waals surface area (Å²) in [5, 5.41) is 6.81. The Hall–Kier alpha value is -2.07. The molecule has 32 heavy (non-hydrogen) atoms. The summed E-state index contributed by atoms with van der Waals surface area (Å²) in [4.78, 5) is 14.2. The SMILES string of the molecule is CCNC(=NCc1cccnc1N1CCN(C)CC1)NCCc1cc(C)ccc1OC.I. The van der Waals surface area contributed by atoms with Gasteiger partial charge in [0.2, 0.25) is 0 Å². The number of guanidine groups is 1. The van der Waals surface area contributed by atoms with Gasteiger partial charge in [-0.25, -0.2) is 9.98 Å². The van der Waals surface area contributed by atoms with Gasteiger partial charge in [0.1, 0.15) is 11.6 Å². The Morgan fingerprint density at radius 1 is 1.12 bits per heavy atom. The Morgan fingerprint density at radius 2 is 1.91 bits per heavy atom. The van der Waals surface area contributed by atoms with Crippen LogP contribution in [-0.4, -0.2) is 69.3 Å². The fraction of sp³-hybridized carbons (Fsp3) is 0.500. The number of rotatable bonds is 8. The highest BCUT2D eigenvalue weighted by Crippen LogP contribution is 2.20. The number of ether oxygens (including phenoxy) is 1. The van der Waals surface area contributed by atoms with E-state index in [0.717, 1.165) is 68.8 Å². The Labute approximate surface area is 209 Å². The van der Waals surface area contributed by atoms with Gasteiger partial charge in [0.15, 0.2) is 5.96 Å². The van der Waals surface area contributed by atoms with Gasteiger partial charge in [-0.2, -0.15) is 0 Å². The van der Waals surface area contributed by atoms with Crippen molar-refractivity contribution in [1.82, 2.24) is 20.5 Å². The summed E-state index contributed by atoms with van der Waals surface area (Å²) < 4.78 is 5.50. The van der Waals surface area contributed by atoms with Gasteiger partial charge < -0.3 is 25.2 Å². The van der Waals surface area contributed by atoms with Crippen molar-refractivity contribution in [2.75, 3.05) is 58.3 Å². The van der Waals surface area contributed by atoms with E-state index in [2.05, 4.69) is 64.5 Å². The summed E-state index contributed by atoms with van der Waals surface area (Å²) in [7, 11) is 3.89. The first-order valence-corrected chi connectivity index (χ1v) is 11.1. The molecule has 1 aliphatic heterocycles. The van der Waals surface area contributed by atoms with Gasteiger partial charge in [-0.15, -0.1) is 24.0 Å². The van der Waals surface area contributed by atoms with Gasteiger partial charge >= 0.3 is 0 Å². The average molecular weight is 553 g/mol. The molecule has 1 aliphatic rings. The molecule has 2 aromatic rings. The van der Waals surface area contributed by atoms with E-state index in [4.69, 9.17) is 9.73 Å². The molecule has 1 fully saturated rings. The summed E-state index contributed by atoms with van der Waals surface area (Å²) in [5.41, 5.74) is 3.60. The van der Waals surface area contributed by atoms with E-state index in [9.17, 15) is 0 Å². The predicted molar refractivity (Wildman–Crippen MR) is 144 cm³/mol. The van der Waals surface area contributed by atoms with E-state index >= 15 is 0 Å². The minimum atomic E-state index is 0. The summed E-state index contributed by atoms with van der Waals surface area (Å²) in [5.74, 6) is 2.81. The third-order valence-corrected chi connectivity index (χ3v) is 5.54. The zero-order valence-corrected chi connectivity index (χ0v) is 22.1. The topological polar surface area (TPSA) is 65.0 Å². The fourth-order valence-electron chi connectivity index (χ4n) is 3.78. The summed E-state index contributed by atoms with van der Waals surface area (Å²) >= 11 is 0. The fourth-order valence-corrected chi connectivity index (χ4v) is 3.78. The van der Waals surface area contributed by atoms with E-state index < -0.39 is 0 Å². The zero-order chi connectivity index (χ0) is 22.1. The molecule has 0 amide bonds. The van der Waals surface area contributed by atoms with Crippen molar-refractivity contribution in [2.45, 2.75) is 26.8 Å². The molecule has 3 rings (SSSR count). The maximum absolute atomic E-state index is 5.50. The highest BCUT2D eigenvalue weighted by atomic mass is 127. The number of nitrogens with zero attached hydrogens (tertiary/aromatic N) is 4. The second-order valence-electron chi connectivity index (χ2n) is 7.96. The van der Waals surface area contributed by atoms with Crippen LogP contribution < -0.4 is 20.3 Å². The number of anilines is 1. The Morgan fingerprint density at radius 3 is 2.62 bits per heavy atom. The van der Waals surface area contributed by atoms with E-state index in [1.54, 1.807) is 7.11 Å². The van der Waals surface area contributed by atoms with Crippen LogP contribution in [-0.2, 0) is 13.0 Å². The van der Waals surface area contributed by atoms with Gasteiger partial charge in [0, 0.05) is 51.0 Å². The number of likely N-dealkylation sites (N-methyl/N-ethyl adjacent to an activating group) is 1. The zero-order valence-electron chi connectivity index (χ0n) is 19.7. The normalized spacial score (nSPS) is 14.6. The molecule has 1 aromatic carbocycles. The van der Waals surface area contributed by atoms with Crippen LogP contribution >= 0.6 is 24.0 Å². The highest BCUT2D eigenvalue weighted by Gasteiger charge is 2.17. The minimum Gasteiger partial charge on any atom is -0.496 e. The van der Waals surface area contributed by atoms with Crippen LogP contribution in [0.5, 0.6) is 5.75 Å². The van der Waals surface area contributed by atoms with E-state index in [1.807, 2.05) is 18.3 Å². The molecule has 2 N–H and O–H groups in total. The second-order valence-corrected chi connectivity index (χ2v) is 7.96. The first kappa shape index (κ1) is 26.2. The Kier molecular flexibility index (Phi) is 11.0. The third kappa shape index (κ3) is 7.51. The molecule has 2 heterocycles. The van der Waals surface area contributed by atoms with Crippen molar-refractivity contribution < 1.29 is 4.74 Å². The lowest BCUT2D eigenvalue weighted by Crippen LogP contribution is -2.45. The number of hydrogen-bond donors (Lipinski definition) is 2. The first-order valence-electron chi connectivity index (χ1n) is 11.1. The van der Waals surface area contributed by atoms with Crippen LogP contribution in [0.3, 0.4) is 0 Å². The number of aromatic nitrogens is 1. The summed E-state index contributed by atoms with van der Waals surface area (Å²) in [6.07, 6.45) is 2.74. The van der Waals surface area contributed by atoms with Gasteiger partial charge in [-0.1, -0.05) is 23.8 Å². The van der Waals surface area contributed by atoms with E-state index in [1.165, 1.54) is 11.1 Å². The molecule has 0 radical (unpaired) electrons. The van der Waals surface area contributed by atoms with Gasteiger partial charge in [-0.3, -0.25) is 0 Å². The molecule has 0 aliphatic carbocycles. The van der Waals surface area contributed by atoms with E-state index in [-0.39, 0.29) is 24.0 Å². The molecular weight excluding hydrogens is 515 g/mol. The first-order chi connectivity index (χ1) is 15.1. The number of methoxy groups -OCH3 is 1. The standard InChI is InChI=1S/C24H36N6O.HI/c1-5-25-24(27-12-10-20-17-19(2)8-9-22(20)31-4)28-18-21-7-6-11-26-23(21)30-15-13-29(3)14-16-30;/h6-9,11,17H,5,10,12-16,18H2,1-4H3,(H2,25,27,28);1H. The maximum atomic E-state index is 5.50. The minimum absolute atomic E-state index is 0. The van der Waals surface area contributed by atoms with Crippen molar-refractivity contribution in [3.05, 3.63) is 53.2 Å². The van der Waals surface area contributed by atoms with Crippen LogP contribution in [0.2, 0.25) is 0 Å². The molecule has 1 saturated heterocycles. The molecule has 0 atom stereocenters. The maximum Gasteiger partial charge on any atom is 0.191 e. The molecular formula is C24H37IN6O. The lowest BCUT2D eigenvalue weighted by Gasteiger charge is -2.34. The van der Waals surface area contributed by atoms with Gasteiger partial charge in [-0.05, 0) is 45.0 Å². The number of piperazine rings is 1. The number of aliphatic imine (C=N–C) groups is 1. The van der Waals surface area contributed by atoms with Crippen molar-refractivity contribution >= 4 is 35.8 Å². The van der Waals surface area contributed by atoms with Crippen molar-refractivity contribution in [3.8, 4) is 5.75 Å². The molecule has 0 bridgehead atoms. The average Bonchev–Trinajstić information content (AvgIpc) is 2.78. The van der Waals surface area contributed by atoms with Crippen LogP contribution in [0.1, 0.15) is 23.6 Å². The molecule has 176 valence electrons. The van der Waals surface area contributed by atoms with E-state index in [0.29, 0.717) is 6.54 Å². The Bertz CT molecular complexity index is 867. The monoisotopic (exact) mass is 552 g/mol. The molecule has 1 aromatic heterocycles. The van der Waals surface area contributed by atoms with Crippen LogP contribution in [0.15, 0.2) is 41.5 Å². The molecule has 0 unspecified atom stereocenters. The third-order valence-electron chi connectivity index (χ3n) is 5.54. The largest absolute Gasteiger partial charge is 0.496 e. The number of hydrogen-bond acceptors (Lipinski definition) is 5. The van der Waals surface area contributed by atoms with Crippen molar-refractivity contribution in [1.29, 1.82) is 0 Å².